The molecule has 3 heterocycles. The molecule has 8 nitrogen and oxygen atoms in total. The number of aromatic nitrogens is 4. The molecule has 0 saturated heterocycles. The first-order chi connectivity index (χ1) is 12.0. The van der Waals surface area contributed by atoms with Gasteiger partial charge in [0.05, 0.1) is 19.0 Å². The second kappa shape index (κ2) is 6.71. The number of fused-ring (bicyclic) bond motifs is 1. The van der Waals surface area contributed by atoms with Crippen LogP contribution in [0.25, 0.3) is 5.65 Å². The SMILES string of the molecule is CCOC(=O)c1cnn2ccc(N(C)Cc3cc(F)cnc3O)nc12. The van der Waals surface area contributed by atoms with Gasteiger partial charge in [-0.2, -0.15) is 5.10 Å². The Kier molecular flexibility index (Phi) is 4.46. The van der Waals surface area contributed by atoms with Crippen molar-refractivity contribution in [2.75, 3.05) is 18.6 Å². The van der Waals surface area contributed by atoms with E-state index in [1.54, 1.807) is 31.1 Å². The van der Waals surface area contributed by atoms with Gasteiger partial charge in [0.1, 0.15) is 17.2 Å². The minimum atomic E-state index is -0.537. The zero-order valence-electron chi connectivity index (χ0n) is 13.7. The van der Waals surface area contributed by atoms with Crippen LogP contribution in [0.3, 0.4) is 0 Å². The standard InChI is InChI=1S/C16H16FN5O3/c1-3-25-16(24)12-8-19-22-5-4-13(20-14(12)22)21(2)9-10-6-11(17)7-18-15(10)23/h4-8H,3,9H2,1-2H3,(H,18,23). The molecule has 0 bridgehead atoms. The maximum atomic E-state index is 13.3. The Balaban J connectivity index is 1.91. The van der Waals surface area contributed by atoms with Crippen LogP contribution < -0.4 is 4.90 Å². The molecule has 3 aromatic rings. The number of halogens is 1. The van der Waals surface area contributed by atoms with E-state index in [2.05, 4.69) is 15.1 Å². The van der Waals surface area contributed by atoms with Crippen molar-refractivity contribution in [2.45, 2.75) is 13.5 Å². The summed E-state index contributed by atoms with van der Waals surface area (Å²) in [5.41, 5.74) is 0.931. The van der Waals surface area contributed by atoms with Gasteiger partial charge in [0, 0.05) is 25.4 Å². The molecule has 9 heteroatoms. The van der Waals surface area contributed by atoms with Crippen molar-refractivity contribution in [2.24, 2.45) is 0 Å². The molecule has 0 radical (unpaired) electrons. The molecule has 0 atom stereocenters. The van der Waals surface area contributed by atoms with Gasteiger partial charge in [-0.25, -0.2) is 23.7 Å². The van der Waals surface area contributed by atoms with Gasteiger partial charge in [0.25, 0.3) is 0 Å². The maximum Gasteiger partial charge on any atom is 0.343 e. The lowest BCUT2D eigenvalue weighted by Gasteiger charge is -2.18. The summed E-state index contributed by atoms with van der Waals surface area (Å²) in [7, 11) is 1.73. The molecule has 0 amide bonds. The van der Waals surface area contributed by atoms with E-state index in [0.29, 0.717) is 17.0 Å². The zero-order chi connectivity index (χ0) is 18.0. The molecule has 0 unspecified atom stereocenters. The van der Waals surface area contributed by atoms with Crippen LogP contribution in [0.15, 0.2) is 30.7 Å². The quantitative estimate of drug-likeness (QED) is 0.705. The highest BCUT2D eigenvalue weighted by Crippen LogP contribution is 2.20. The van der Waals surface area contributed by atoms with Gasteiger partial charge in [0.15, 0.2) is 5.65 Å². The summed E-state index contributed by atoms with van der Waals surface area (Å²) in [6.07, 6.45) is 3.99. The predicted octanol–water partition coefficient (Wildman–Crippen LogP) is 1.78. The molecule has 130 valence electrons. The van der Waals surface area contributed by atoms with Crippen LogP contribution in [0.2, 0.25) is 0 Å². The monoisotopic (exact) mass is 345 g/mol. The van der Waals surface area contributed by atoms with Crippen LogP contribution in [0.4, 0.5) is 10.2 Å². The first kappa shape index (κ1) is 16.6. The van der Waals surface area contributed by atoms with Crippen molar-refractivity contribution in [3.8, 4) is 5.88 Å². The number of nitrogens with zero attached hydrogens (tertiary/aromatic N) is 5. The predicted molar refractivity (Wildman–Crippen MR) is 86.9 cm³/mol. The first-order valence-electron chi connectivity index (χ1n) is 7.55. The van der Waals surface area contributed by atoms with Gasteiger partial charge in [-0.1, -0.05) is 0 Å². The number of hydrogen-bond donors (Lipinski definition) is 1. The molecule has 0 aliphatic heterocycles. The summed E-state index contributed by atoms with van der Waals surface area (Å²) < 4.78 is 19.8. The van der Waals surface area contributed by atoms with E-state index in [4.69, 9.17) is 4.74 Å². The fraction of sp³-hybridized carbons (Fsp3) is 0.250. The molecule has 3 rings (SSSR count). The third kappa shape index (κ3) is 3.35. The highest BCUT2D eigenvalue weighted by molar-refractivity contribution is 5.95. The Morgan fingerprint density at radius 3 is 3.00 bits per heavy atom. The van der Waals surface area contributed by atoms with E-state index < -0.39 is 11.8 Å². The molecule has 1 N–H and O–H groups in total. The van der Waals surface area contributed by atoms with Crippen molar-refractivity contribution < 1.29 is 19.0 Å². The maximum absolute atomic E-state index is 13.3. The average Bonchev–Trinajstić information content (AvgIpc) is 3.01. The molecule has 0 fully saturated rings. The van der Waals surface area contributed by atoms with Crippen LogP contribution in [0, 0.1) is 5.82 Å². The van der Waals surface area contributed by atoms with Gasteiger partial charge in [-0.15, -0.1) is 0 Å². The van der Waals surface area contributed by atoms with Crippen LogP contribution in [-0.2, 0) is 11.3 Å². The summed E-state index contributed by atoms with van der Waals surface area (Å²) in [4.78, 5) is 21.7. The average molecular weight is 345 g/mol. The summed E-state index contributed by atoms with van der Waals surface area (Å²) in [5, 5.41) is 13.8. The lowest BCUT2D eigenvalue weighted by molar-refractivity contribution is 0.0528. The summed E-state index contributed by atoms with van der Waals surface area (Å²) in [6, 6.07) is 2.90. The van der Waals surface area contributed by atoms with E-state index in [9.17, 15) is 14.3 Å². The van der Waals surface area contributed by atoms with Crippen molar-refractivity contribution in [1.29, 1.82) is 0 Å². The number of aromatic hydroxyl groups is 1. The van der Waals surface area contributed by atoms with Crippen molar-refractivity contribution in [1.82, 2.24) is 19.6 Å². The Morgan fingerprint density at radius 1 is 1.44 bits per heavy atom. The first-order valence-corrected chi connectivity index (χ1v) is 7.55. The second-order valence-corrected chi connectivity index (χ2v) is 5.32. The largest absolute Gasteiger partial charge is 0.493 e. The van der Waals surface area contributed by atoms with E-state index in [1.807, 2.05) is 0 Å². The molecule has 0 aliphatic carbocycles. The number of esters is 1. The lowest BCUT2D eigenvalue weighted by Crippen LogP contribution is -2.18. The Morgan fingerprint density at radius 2 is 2.24 bits per heavy atom. The minimum Gasteiger partial charge on any atom is -0.493 e. The summed E-state index contributed by atoms with van der Waals surface area (Å²) >= 11 is 0. The number of carbonyl (C=O) groups excluding carboxylic acids is 1. The summed E-state index contributed by atoms with van der Waals surface area (Å²) in [5.74, 6) is -0.769. The van der Waals surface area contributed by atoms with E-state index in [1.165, 1.54) is 16.8 Å². The fourth-order valence-corrected chi connectivity index (χ4v) is 2.35. The van der Waals surface area contributed by atoms with Crippen molar-refractivity contribution in [3.63, 3.8) is 0 Å². The Bertz CT molecular complexity index is 927. The van der Waals surface area contributed by atoms with Crippen LogP contribution in [0.5, 0.6) is 5.88 Å². The van der Waals surface area contributed by atoms with Crippen LogP contribution in [0.1, 0.15) is 22.8 Å². The highest BCUT2D eigenvalue weighted by Gasteiger charge is 2.17. The topological polar surface area (TPSA) is 92.8 Å². The third-order valence-electron chi connectivity index (χ3n) is 3.56. The van der Waals surface area contributed by atoms with Crippen molar-refractivity contribution in [3.05, 3.63) is 47.7 Å². The molecule has 0 aromatic carbocycles. The fourth-order valence-electron chi connectivity index (χ4n) is 2.35. The molecule has 0 spiro atoms. The molecule has 0 aliphatic rings. The Labute approximate surface area is 142 Å². The number of anilines is 1. The number of rotatable bonds is 5. The van der Waals surface area contributed by atoms with Crippen molar-refractivity contribution >= 4 is 17.4 Å². The number of carbonyl (C=O) groups is 1. The molecule has 3 aromatic heterocycles. The van der Waals surface area contributed by atoms with Crippen LogP contribution in [-0.4, -0.2) is 44.3 Å². The molecular weight excluding hydrogens is 329 g/mol. The lowest BCUT2D eigenvalue weighted by atomic mass is 10.2. The Hall–Kier alpha value is -3.23. The summed E-state index contributed by atoms with van der Waals surface area (Å²) in [6.45, 7) is 2.15. The van der Waals surface area contributed by atoms with Gasteiger partial charge >= 0.3 is 5.97 Å². The van der Waals surface area contributed by atoms with Gasteiger partial charge in [-0.3, -0.25) is 0 Å². The zero-order valence-corrected chi connectivity index (χ0v) is 13.7. The van der Waals surface area contributed by atoms with E-state index >= 15 is 0 Å². The second-order valence-electron chi connectivity index (χ2n) is 5.32. The smallest absolute Gasteiger partial charge is 0.343 e. The van der Waals surface area contributed by atoms with Gasteiger partial charge in [-0.05, 0) is 19.1 Å². The number of ether oxygens (including phenoxy) is 1. The highest BCUT2D eigenvalue weighted by atomic mass is 19.1. The third-order valence-corrected chi connectivity index (χ3v) is 3.56. The van der Waals surface area contributed by atoms with Gasteiger partial charge < -0.3 is 14.7 Å². The molecular formula is C16H16FN5O3. The molecule has 25 heavy (non-hydrogen) atoms. The number of hydrogen-bond acceptors (Lipinski definition) is 7. The van der Waals surface area contributed by atoms with E-state index in [0.717, 1.165) is 6.20 Å². The van der Waals surface area contributed by atoms with Crippen LogP contribution >= 0.6 is 0 Å². The molecule has 0 saturated carbocycles. The number of pyridine rings is 1. The van der Waals surface area contributed by atoms with Gasteiger partial charge in [0.2, 0.25) is 5.88 Å². The van der Waals surface area contributed by atoms with E-state index in [-0.39, 0.29) is 24.6 Å². The normalized spacial score (nSPS) is 10.8. The minimum absolute atomic E-state index is 0.183.